The van der Waals surface area contributed by atoms with Gasteiger partial charge in [0.05, 0.1) is 5.25 Å². The number of rotatable bonds is 8. The lowest BCUT2D eigenvalue weighted by Gasteiger charge is -2.29. The molecule has 1 aromatic rings. The molecule has 0 spiro atoms. The van der Waals surface area contributed by atoms with E-state index in [9.17, 15) is 8.42 Å². The zero-order valence-corrected chi connectivity index (χ0v) is 17.2. The summed E-state index contributed by atoms with van der Waals surface area (Å²) in [6.45, 7) is 3.95. The lowest BCUT2D eigenvalue weighted by atomic mass is 9.86. The summed E-state index contributed by atoms with van der Waals surface area (Å²) in [5, 5.41) is 11.5. The summed E-state index contributed by atoms with van der Waals surface area (Å²) in [5.41, 5.74) is 0. The van der Waals surface area contributed by atoms with E-state index in [1.807, 2.05) is 12.1 Å². The summed E-state index contributed by atoms with van der Waals surface area (Å²) < 4.78 is 32.3. The zero-order valence-electron chi connectivity index (χ0n) is 16.4. The van der Waals surface area contributed by atoms with Crippen LogP contribution in [0.2, 0.25) is 0 Å². The molecule has 2 N–H and O–H groups in total. The van der Waals surface area contributed by atoms with E-state index in [0.29, 0.717) is 30.5 Å². The molecule has 0 atom stereocenters. The number of nitrogens with one attached hydrogen (secondary N) is 2. The van der Waals surface area contributed by atoms with E-state index in [4.69, 9.17) is 4.74 Å². The first-order valence-electron chi connectivity index (χ1n) is 10.2. The second-order valence-corrected chi connectivity index (χ2v) is 10.4. The molecule has 8 heteroatoms. The fourth-order valence-corrected chi connectivity index (χ4v) is 4.56. The van der Waals surface area contributed by atoms with Crippen LogP contribution in [0.15, 0.2) is 12.1 Å². The van der Waals surface area contributed by atoms with Gasteiger partial charge in [0.1, 0.15) is 11.9 Å². The molecule has 2 aliphatic carbocycles. The van der Waals surface area contributed by atoms with Crippen molar-refractivity contribution in [1.29, 1.82) is 0 Å². The van der Waals surface area contributed by atoms with Crippen molar-refractivity contribution in [2.75, 3.05) is 11.9 Å². The van der Waals surface area contributed by atoms with Crippen LogP contribution in [0.5, 0.6) is 5.88 Å². The van der Waals surface area contributed by atoms with Gasteiger partial charge in [-0.2, -0.15) is 0 Å². The van der Waals surface area contributed by atoms with E-state index < -0.39 is 10.0 Å². The molecule has 0 unspecified atom stereocenters. The van der Waals surface area contributed by atoms with Crippen LogP contribution in [0.4, 0.5) is 5.82 Å². The molecule has 152 valence electrons. The minimum absolute atomic E-state index is 0.293. The summed E-state index contributed by atoms with van der Waals surface area (Å²) in [4.78, 5) is 0. The van der Waals surface area contributed by atoms with Gasteiger partial charge in [-0.1, -0.05) is 0 Å². The molecule has 2 saturated carbocycles. The Bertz CT molecular complexity index is 679. The van der Waals surface area contributed by atoms with Gasteiger partial charge in [-0.05, 0) is 77.2 Å². The number of hydrogen-bond donors (Lipinski definition) is 2. The SMILES string of the molecule is CC(C)S(=O)(=O)NCC1CCC(Nc2ccc(OC3CCCC3)nn2)CC1. The maximum atomic E-state index is 11.9. The highest BCUT2D eigenvalue weighted by molar-refractivity contribution is 7.90. The molecule has 1 aromatic heterocycles. The van der Waals surface area contributed by atoms with Gasteiger partial charge >= 0.3 is 0 Å². The Kier molecular flexibility index (Phi) is 6.92. The Morgan fingerprint density at radius 1 is 1.07 bits per heavy atom. The highest BCUT2D eigenvalue weighted by Gasteiger charge is 2.24. The third-order valence-electron chi connectivity index (χ3n) is 5.62. The maximum absolute atomic E-state index is 11.9. The molecule has 0 bridgehead atoms. The van der Waals surface area contributed by atoms with Gasteiger partial charge in [0.25, 0.3) is 0 Å². The molecule has 7 nitrogen and oxygen atoms in total. The number of aromatic nitrogens is 2. The summed E-state index contributed by atoms with van der Waals surface area (Å²) in [6, 6.07) is 4.18. The molecule has 27 heavy (non-hydrogen) atoms. The topological polar surface area (TPSA) is 93.2 Å². The molecule has 0 amide bonds. The monoisotopic (exact) mass is 396 g/mol. The van der Waals surface area contributed by atoms with Crippen molar-refractivity contribution in [3.8, 4) is 5.88 Å². The molecule has 0 aromatic carbocycles. The smallest absolute Gasteiger partial charge is 0.233 e. The van der Waals surface area contributed by atoms with Crippen molar-refractivity contribution in [3.63, 3.8) is 0 Å². The maximum Gasteiger partial charge on any atom is 0.233 e. The van der Waals surface area contributed by atoms with Crippen molar-refractivity contribution in [2.24, 2.45) is 5.92 Å². The second-order valence-electron chi connectivity index (χ2n) is 8.09. The Labute approximate surface area is 162 Å². The van der Waals surface area contributed by atoms with E-state index >= 15 is 0 Å². The lowest BCUT2D eigenvalue weighted by Crippen LogP contribution is -2.37. The minimum Gasteiger partial charge on any atom is -0.473 e. The molecular formula is C19H32N4O3S. The predicted molar refractivity (Wildman–Crippen MR) is 106 cm³/mol. The molecule has 1 heterocycles. The van der Waals surface area contributed by atoms with E-state index in [1.54, 1.807) is 13.8 Å². The van der Waals surface area contributed by atoms with Crippen LogP contribution in [-0.2, 0) is 10.0 Å². The van der Waals surface area contributed by atoms with Crippen LogP contribution >= 0.6 is 0 Å². The minimum atomic E-state index is -3.17. The second kappa shape index (κ2) is 9.19. The molecule has 0 aliphatic heterocycles. The van der Waals surface area contributed by atoms with Crippen molar-refractivity contribution in [2.45, 2.75) is 82.6 Å². The van der Waals surface area contributed by atoms with Crippen LogP contribution < -0.4 is 14.8 Å². The summed E-state index contributed by atoms with van der Waals surface area (Å²) >= 11 is 0. The van der Waals surface area contributed by atoms with Gasteiger partial charge in [0.2, 0.25) is 15.9 Å². The average molecular weight is 397 g/mol. The van der Waals surface area contributed by atoms with Crippen LogP contribution in [0.1, 0.15) is 65.2 Å². The third-order valence-corrected chi connectivity index (χ3v) is 7.43. The fourth-order valence-electron chi connectivity index (χ4n) is 3.76. The summed E-state index contributed by atoms with van der Waals surface area (Å²) in [5.74, 6) is 1.79. The van der Waals surface area contributed by atoms with E-state index in [1.165, 1.54) is 12.8 Å². The highest BCUT2D eigenvalue weighted by atomic mass is 32.2. The van der Waals surface area contributed by atoms with E-state index in [0.717, 1.165) is 44.3 Å². The quantitative estimate of drug-likeness (QED) is 0.701. The van der Waals surface area contributed by atoms with Gasteiger partial charge in [-0.15, -0.1) is 10.2 Å². The van der Waals surface area contributed by atoms with Gasteiger partial charge in [0.15, 0.2) is 0 Å². The van der Waals surface area contributed by atoms with Crippen LogP contribution in [0.3, 0.4) is 0 Å². The molecule has 2 fully saturated rings. The average Bonchev–Trinajstić information content (AvgIpc) is 3.16. The van der Waals surface area contributed by atoms with Crippen molar-refractivity contribution < 1.29 is 13.2 Å². The van der Waals surface area contributed by atoms with Crippen LogP contribution in [0, 0.1) is 5.92 Å². The van der Waals surface area contributed by atoms with E-state index in [2.05, 4.69) is 20.2 Å². The summed E-state index contributed by atoms with van der Waals surface area (Å²) in [6.07, 6.45) is 9.02. The van der Waals surface area contributed by atoms with Crippen molar-refractivity contribution in [1.82, 2.24) is 14.9 Å². The number of nitrogens with zero attached hydrogens (tertiary/aromatic N) is 2. The largest absolute Gasteiger partial charge is 0.473 e. The van der Waals surface area contributed by atoms with Crippen LogP contribution in [0.25, 0.3) is 0 Å². The van der Waals surface area contributed by atoms with Crippen molar-refractivity contribution >= 4 is 15.8 Å². The number of anilines is 1. The van der Waals surface area contributed by atoms with Gasteiger partial charge < -0.3 is 10.1 Å². The van der Waals surface area contributed by atoms with E-state index in [-0.39, 0.29) is 5.25 Å². The number of sulfonamides is 1. The first-order valence-corrected chi connectivity index (χ1v) is 11.7. The molecule has 2 aliphatic rings. The van der Waals surface area contributed by atoms with Crippen LogP contribution in [-0.4, -0.2) is 42.6 Å². The lowest BCUT2D eigenvalue weighted by molar-refractivity contribution is 0.199. The zero-order chi connectivity index (χ0) is 19.3. The van der Waals surface area contributed by atoms with Gasteiger partial charge in [-0.3, -0.25) is 0 Å². The van der Waals surface area contributed by atoms with Crippen molar-refractivity contribution in [3.05, 3.63) is 12.1 Å². The normalized spacial score (nSPS) is 24.3. The Morgan fingerprint density at radius 2 is 1.78 bits per heavy atom. The highest BCUT2D eigenvalue weighted by Crippen LogP contribution is 2.27. The Balaban J connectivity index is 1.40. The fraction of sp³-hybridized carbons (Fsp3) is 0.789. The van der Waals surface area contributed by atoms with Gasteiger partial charge in [-0.25, -0.2) is 13.1 Å². The number of ether oxygens (including phenoxy) is 1. The number of hydrogen-bond acceptors (Lipinski definition) is 6. The standard InChI is InChI=1S/C19H32N4O3S/c1-14(2)27(24,25)20-13-15-7-9-16(10-8-15)21-18-11-12-19(23-22-18)26-17-5-3-4-6-17/h11-12,14-17,20H,3-10,13H2,1-2H3,(H,21,22). The summed E-state index contributed by atoms with van der Waals surface area (Å²) in [7, 11) is -3.17. The molecule has 3 rings (SSSR count). The Hall–Kier alpha value is -1.41. The first kappa shape index (κ1) is 20.3. The molecular weight excluding hydrogens is 364 g/mol. The first-order chi connectivity index (χ1) is 12.9. The van der Waals surface area contributed by atoms with Gasteiger partial charge in [0, 0.05) is 18.7 Å². The molecule has 0 radical (unpaired) electrons. The predicted octanol–water partition coefficient (Wildman–Crippen LogP) is 3.10. The Morgan fingerprint density at radius 3 is 2.37 bits per heavy atom. The third kappa shape index (κ3) is 6.04. The molecule has 0 saturated heterocycles.